The molecule has 1 aromatic heterocycles. The summed E-state index contributed by atoms with van der Waals surface area (Å²) in [5, 5.41) is 9.23. The lowest BCUT2D eigenvalue weighted by molar-refractivity contribution is -0.111. The minimum atomic E-state index is -0.458. The van der Waals surface area contributed by atoms with Crippen LogP contribution in [0, 0.1) is 5.92 Å². The predicted octanol–water partition coefficient (Wildman–Crippen LogP) is 0.354. The van der Waals surface area contributed by atoms with Crippen LogP contribution in [0.15, 0.2) is 6.07 Å². The van der Waals surface area contributed by atoms with Crippen molar-refractivity contribution in [3.8, 4) is 0 Å². The van der Waals surface area contributed by atoms with Crippen LogP contribution in [0.1, 0.15) is 30.3 Å². The van der Waals surface area contributed by atoms with Gasteiger partial charge in [0, 0.05) is 12.0 Å². The van der Waals surface area contributed by atoms with E-state index >= 15 is 0 Å². The van der Waals surface area contributed by atoms with E-state index in [1.807, 2.05) is 0 Å². The zero-order chi connectivity index (χ0) is 14.1. The van der Waals surface area contributed by atoms with Crippen LogP contribution in [0.5, 0.6) is 0 Å². The molecule has 1 aliphatic rings. The second-order valence-corrected chi connectivity index (χ2v) is 4.15. The van der Waals surface area contributed by atoms with Crippen LogP contribution in [0.2, 0.25) is 0 Å². The van der Waals surface area contributed by atoms with E-state index in [9.17, 15) is 9.59 Å². The van der Waals surface area contributed by atoms with E-state index in [1.165, 1.54) is 6.07 Å². The van der Waals surface area contributed by atoms with Gasteiger partial charge in [-0.25, -0.2) is 4.79 Å². The molecule has 0 radical (unpaired) electrons. The number of carbonyl (C=O) groups is 2. The molecular weight excluding hydrogens is 248 g/mol. The average molecular weight is 268 g/mol. The van der Waals surface area contributed by atoms with E-state index in [0.29, 0.717) is 18.3 Å². The number of hydrogen-bond acceptors (Lipinski definition) is 6. The maximum atomic E-state index is 10.9. The zero-order valence-electron chi connectivity index (χ0n) is 11.0. The van der Waals surface area contributed by atoms with Crippen LogP contribution in [0.4, 0.5) is 5.82 Å². The second-order valence-electron chi connectivity index (χ2n) is 4.15. The number of rotatable bonds is 3. The van der Waals surface area contributed by atoms with Gasteiger partial charge in [0.15, 0.2) is 5.69 Å². The van der Waals surface area contributed by atoms with Gasteiger partial charge in [-0.15, -0.1) is 0 Å². The number of aromatic amines is 1. The third-order valence-electron chi connectivity index (χ3n) is 2.66. The summed E-state index contributed by atoms with van der Waals surface area (Å²) >= 11 is 0. The molecule has 0 aromatic carbocycles. The molecule has 7 heteroatoms. The van der Waals surface area contributed by atoms with Gasteiger partial charge in [-0.05, 0) is 32.9 Å². The number of H-pyrrole nitrogens is 1. The molecule has 2 heterocycles. The molecule has 1 fully saturated rings. The maximum absolute atomic E-state index is 10.9. The third-order valence-corrected chi connectivity index (χ3v) is 2.66. The van der Waals surface area contributed by atoms with Crippen molar-refractivity contribution in [3.63, 3.8) is 0 Å². The first-order valence-electron chi connectivity index (χ1n) is 6.31. The van der Waals surface area contributed by atoms with Crippen molar-refractivity contribution in [1.82, 2.24) is 15.5 Å². The Morgan fingerprint density at radius 1 is 1.58 bits per heavy atom. The summed E-state index contributed by atoms with van der Waals surface area (Å²) in [7, 11) is 0. The third kappa shape index (κ3) is 5.52. The summed E-state index contributed by atoms with van der Waals surface area (Å²) in [6, 6.07) is 1.43. The number of nitrogens with two attached hydrogens (primary N) is 1. The van der Waals surface area contributed by atoms with Crippen molar-refractivity contribution in [2.24, 2.45) is 5.92 Å². The molecule has 106 valence electrons. The lowest BCUT2D eigenvalue weighted by atomic mass is 10.0. The van der Waals surface area contributed by atoms with Gasteiger partial charge in [-0.1, -0.05) is 0 Å². The minimum absolute atomic E-state index is 0.212. The topological polar surface area (TPSA) is 110 Å². The molecule has 1 aliphatic heterocycles. The number of piperidine rings is 1. The van der Waals surface area contributed by atoms with Crippen molar-refractivity contribution in [2.45, 2.75) is 19.8 Å². The monoisotopic (exact) mass is 268 g/mol. The van der Waals surface area contributed by atoms with Gasteiger partial charge >= 0.3 is 5.97 Å². The standard InChI is InChI=1S/C6H9N3O2.C6H11NO/c1-2-11-6(10)4-3-5(7)9-8-4;8-5-6-1-3-7-4-2-6/h3H,2H2,1H3,(H3,7,8,9);5-7H,1-4H2. The van der Waals surface area contributed by atoms with E-state index in [0.717, 1.165) is 32.2 Å². The van der Waals surface area contributed by atoms with Crippen LogP contribution in [0.3, 0.4) is 0 Å². The second kappa shape index (κ2) is 8.25. The number of nitrogen functional groups attached to an aromatic ring is 1. The van der Waals surface area contributed by atoms with Crippen molar-refractivity contribution < 1.29 is 14.3 Å². The first-order chi connectivity index (χ1) is 9.17. The highest BCUT2D eigenvalue weighted by molar-refractivity contribution is 5.87. The first kappa shape index (κ1) is 15.2. The fourth-order valence-corrected chi connectivity index (χ4v) is 1.63. The number of nitrogens with zero attached hydrogens (tertiary/aromatic N) is 1. The van der Waals surface area contributed by atoms with Gasteiger partial charge in [-0.3, -0.25) is 5.10 Å². The SMILES string of the molecule is CCOC(=O)c1cc(N)[nH]n1.O=CC1CCNCC1. The van der Waals surface area contributed by atoms with Gasteiger partial charge < -0.3 is 20.6 Å². The Kier molecular flexibility index (Phi) is 6.59. The number of nitrogens with one attached hydrogen (secondary N) is 2. The lowest BCUT2D eigenvalue weighted by Gasteiger charge is -2.16. The molecule has 1 saturated heterocycles. The highest BCUT2D eigenvalue weighted by Gasteiger charge is 2.10. The molecule has 0 spiro atoms. The van der Waals surface area contributed by atoms with Crippen LogP contribution in [-0.2, 0) is 9.53 Å². The number of esters is 1. The van der Waals surface area contributed by atoms with Crippen LogP contribution in [-0.4, -0.2) is 42.1 Å². The molecule has 0 amide bonds. The molecule has 7 nitrogen and oxygen atoms in total. The molecule has 0 unspecified atom stereocenters. The number of ether oxygens (including phenoxy) is 1. The maximum Gasteiger partial charge on any atom is 0.358 e. The van der Waals surface area contributed by atoms with Gasteiger partial charge in [-0.2, -0.15) is 5.10 Å². The Morgan fingerprint density at radius 2 is 2.26 bits per heavy atom. The van der Waals surface area contributed by atoms with Crippen LogP contribution in [0.25, 0.3) is 0 Å². The smallest absolute Gasteiger partial charge is 0.358 e. The molecule has 2 rings (SSSR count). The number of carbonyl (C=O) groups excluding carboxylic acids is 2. The Hall–Kier alpha value is -1.89. The Morgan fingerprint density at radius 3 is 2.68 bits per heavy atom. The van der Waals surface area contributed by atoms with E-state index < -0.39 is 5.97 Å². The number of anilines is 1. The largest absolute Gasteiger partial charge is 0.461 e. The van der Waals surface area contributed by atoms with E-state index in [1.54, 1.807) is 6.92 Å². The normalized spacial score (nSPS) is 15.2. The van der Waals surface area contributed by atoms with Crippen LogP contribution >= 0.6 is 0 Å². The van der Waals surface area contributed by atoms with E-state index in [-0.39, 0.29) is 5.69 Å². The highest BCUT2D eigenvalue weighted by Crippen LogP contribution is 2.06. The molecule has 0 saturated carbocycles. The first-order valence-corrected chi connectivity index (χ1v) is 6.31. The summed E-state index contributed by atoms with van der Waals surface area (Å²) in [4.78, 5) is 21.0. The summed E-state index contributed by atoms with van der Waals surface area (Å²) in [5.41, 5.74) is 5.50. The lowest BCUT2D eigenvalue weighted by Crippen LogP contribution is -2.28. The van der Waals surface area contributed by atoms with E-state index in [2.05, 4.69) is 20.3 Å². The number of aldehydes is 1. The van der Waals surface area contributed by atoms with Crippen molar-refractivity contribution >= 4 is 18.1 Å². The molecule has 0 bridgehead atoms. The van der Waals surface area contributed by atoms with Gasteiger partial charge in [0.05, 0.1) is 6.61 Å². The Labute approximate surface area is 111 Å². The Bertz CT molecular complexity index is 399. The summed E-state index contributed by atoms with van der Waals surface area (Å²) in [6.07, 6.45) is 3.13. The molecule has 0 aliphatic carbocycles. The summed E-state index contributed by atoms with van der Waals surface area (Å²) in [5.74, 6) is 0.241. The van der Waals surface area contributed by atoms with Crippen molar-refractivity contribution in [2.75, 3.05) is 25.4 Å². The van der Waals surface area contributed by atoms with E-state index in [4.69, 9.17) is 5.73 Å². The zero-order valence-corrected chi connectivity index (χ0v) is 11.0. The van der Waals surface area contributed by atoms with Gasteiger partial charge in [0.1, 0.15) is 12.1 Å². The molecule has 0 atom stereocenters. The van der Waals surface area contributed by atoms with Gasteiger partial charge in [0.2, 0.25) is 0 Å². The molecule has 19 heavy (non-hydrogen) atoms. The van der Waals surface area contributed by atoms with Crippen LogP contribution < -0.4 is 11.1 Å². The minimum Gasteiger partial charge on any atom is -0.461 e. The Balaban J connectivity index is 0.000000200. The fourth-order valence-electron chi connectivity index (χ4n) is 1.63. The van der Waals surface area contributed by atoms with Crippen molar-refractivity contribution in [1.29, 1.82) is 0 Å². The fraction of sp³-hybridized carbons (Fsp3) is 0.583. The van der Waals surface area contributed by atoms with Crippen molar-refractivity contribution in [3.05, 3.63) is 11.8 Å². The van der Waals surface area contributed by atoms with Gasteiger partial charge in [0.25, 0.3) is 0 Å². The highest BCUT2D eigenvalue weighted by atomic mass is 16.5. The summed E-state index contributed by atoms with van der Waals surface area (Å²) in [6.45, 7) is 4.10. The quantitative estimate of drug-likeness (QED) is 0.539. The average Bonchev–Trinajstić information content (AvgIpc) is 2.87. The predicted molar refractivity (Wildman–Crippen MR) is 70.6 cm³/mol. The number of aromatic nitrogens is 2. The molecule has 1 aromatic rings. The molecular formula is C12H20N4O3. The summed E-state index contributed by atoms with van der Waals surface area (Å²) < 4.78 is 4.66. The molecule has 4 N–H and O–H groups in total. The number of hydrogen-bond donors (Lipinski definition) is 3.